The lowest BCUT2D eigenvalue weighted by atomic mass is 10.5. The number of ether oxygens (including phenoxy) is 2. The van der Waals surface area contributed by atoms with Crippen LogP contribution < -0.4 is 11.1 Å². The van der Waals surface area contributed by atoms with Crippen molar-refractivity contribution in [2.24, 2.45) is 0 Å². The molecule has 0 fully saturated rings. The third kappa shape index (κ3) is 5.88. The molecule has 0 saturated heterocycles. The highest BCUT2D eigenvalue weighted by Crippen LogP contribution is 1.96. The van der Waals surface area contributed by atoms with Crippen LogP contribution in [0.15, 0.2) is 12.4 Å². The van der Waals surface area contributed by atoms with Crippen molar-refractivity contribution >= 4 is 11.6 Å². The molecule has 0 aliphatic carbocycles. The Morgan fingerprint density at radius 3 is 3.00 bits per heavy atom. The zero-order chi connectivity index (χ0) is 12.5. The van der Waals surface area contributed by atoms with Crippen LogP contribution >= 0.6 is 0 Å². The fourth-order valence-corrected chi connectivity index (χ4v) is 1.18. The molecule has 1 rings (SSSR count). The normalized spacial score (nSPS) is 10.4. The van der Waals surface area contributed by atoms with Crippen LogP contribution in [-0.2, 0) is 20.8 Å². The summed E-state index contributed by atoms with van der Waals surface area (Å²) in [5.74, 6) is -0.122. The van der Waals surface area contributed by atoms with Crippen molar-refractivity contribution in [3.8, 4) is 0 Å². The van der Waals surface area contributed by atoms with Crippen molar-refractivity contribution < 1.29 is 14.3 Å². The number of carbonyl (C=O) groups excluding carboxylic acids is 1. The highest BCUT2D eigenvalue weighted by Gasteiger charge is 2.02. The molecule has 3 N–H and O–H groups in total. The summed E-state index contributed by atoms with van der Waals surface area (Å²) in [5.41, 5.74) is 6.02. The summed E-state index contributed by atoms with van der Waals surface area (Å²) >= 11 is 0. The van der Waals surface area contributed by atoms with E-state index < -0.39 is 0 Å². The molecule has 7 heteroatoms. The van der Waals surface area contributed by atoms with Gasteiger partial charge in [-0.25, -0.2) is 0 Å². The Kier molecular flexibility index (Phi) is 6.05. The molecule has 1 heterocycles. The Labute approximate surface area is 99.9 Å². The van der Waals surface area contributed by atoms with Gasteiger partial charge in [-0.3, -0.25) is 9.48 Å². The second-order valence-electron chi connectivity index (χ2n) is 3.43. The molecule has 1 aromatic rings. The average Bonchev–Trinajstić information content (AvgIpc) is 2.69. The number of hydrogen-bond acceptors (Lipinski definition) is 5. The van der Waals surface area contributed by atoms with Gasteiger partial charge in [0.25, 0.3) is 0 Å². The van der Waals surface area contributed by atoms with E-state index >= 15 is 0 Å². The van der Waals surface area contributed by atoms with Crippen molar-refractivity contribution in [1.82, 2.24) is 15.1 Å². The van der Waals surface area contributed by atoms with Crippen LogP contribution in [0.1, 0.15) is 0 Å². The lowest BCUT2D eigenvalue weighted by Gasteiger charge is -2.06. The van der Waals surface area contributed by atoms with E-state index in [-0.39, 0.29) is 12.5 Å². The molecule has 17 heavy (non-hydrogen) atoms. The molecule has 0 spiro atoms. The molecular weight excluding hydrogens is 224 g/mol. The summed E-state index contributed by atoms with van der Waals surface area (Å²) in [4.78, 5) is 11.4. The maximum absolute atomic E-state index is 11.4. The van der Waals surface area contributed by atoms with Gasteiger partial charge in [-0.05, 0) is 0 Å². The minimum absolute atomic E-state index is 0.122. The number of hydrogen-bond donors (Lipinski definition) is 2. The molecule has 7 nitrogen and oxygen atoms in total. The zero-order valence-electron chi connectivity index (χ0n) is 9.89. The molecule has 0 unspecified atom stereocenters. The van der Waals surface area contributed by atoms with Crippen molar-refractivity contribution in [2.75, 3.05) is 39.2 Å². The molecule has 0 bridgehead atoms. The standard InChI is InChI=1S/C10H18N4O3/c1-16-4-5-17-3-2-12-10(15)8-14-7-9(11)6-13-14/h6-7H,2-5,8,11H2,1H3,(H,12,15). The number of anilines is 1. The Balaban J connectivity index is 2.05. The van der Waals surface area contributed by atoms with Gasteiger partial charge in [0, 0.05) is 19.9 Å². The third-order valence-electron chi connectivity index (χ3n) is 1.96. The number of nitrogens with two attached hydrogens (primary N) is 1. The monoisotopic (exact) mass is 242 g/mol. The number of aromatic nitrogens is 2. The van der Waals surface area contributed by atoms with E-state index in [1.165, 1.54) is 10.9 Å². The molecule has 1 aromatic heterocycles. The quantitative estimate of drug-likeness (QED) is 0.585. The lowest BCUT2D eigenvalue weighted by Crippen LogP contribution is -2.30. The van der Waals surface area contributed by atoms with Gasteiger partial charge in [-0.2, -0.15) is 5.10 Å². The number of nitrogen functional groups attached to an aromatic ring is 1. The summed E-state index contributed by atoms with van der Waals surface area (Å²) < 4.78 is 11.5. The number of nitrogens with one attached hydrogen (secondary N) is 1. The topological polar surface area (TPSA) is 91.4 Å². The molecule has 0 aliphatic rings. The van der Waals surface area contributed by atoms with Crippen LogP contribution in [0.4, 0.5) is 5.69 Å². The molecule has 0 atom stereocenters. The molecule has 0 saturated carbocycles. The van der Waals surface area contributed by atoms with Gasteiger partial charge in [-0.15, -0.1) is 0 Å². The van der Waals surface area contributed by atoms with Crippen LogP contribution in [0.3, 0.4) is 0 Å². The summed E-state index contributed by atoms with van der Waals surface area (Å²) in [6.45, 7) is 2.19. The van der Waals surface area contributed by atoms with E-state index in [0.29, 0.717) is 32.1 Å². The fraction of sp³-hybridized carbons (Fsp3) is 0.600. The number of methoxy groups -OCH3 is 1. The maximum atomic E-state index is 11.4. The molecule has 0 aromatic carbocycles. The number of rotatable bonds is 8. The summed E-state index contributed by atoms with van der Waals surface area (Å²) in [6, 6.07) is 0. The molecule has 0 radical (unpaired) electrons. The van der Waals surface area contributed by atoms with Crippen LogP contribution in [-0.4, -0.2) is 49.2 Å². The average molecular weight is 242 g/mol. The SMILES string of the molecule is COCCOCCNC(=O)Cn1cc(N)cn1. The molecule has 1 amide bonds. The molecular formula is C10H18N4O3. The van der Waals surface area contributed by atoms with E-state index in [2.05, 4.69) is 10.4 Å². The molecule has 96 valence electrons. The van der Waals surface area contributed by atoms with Crippen molar-refractivity contribution in [3.63, 3.8) is 0 Å². The van der Waals surface area contributed by atoms with Crippen molar-refractivity contribution in [2.45, 2.75) is 6.54 Å². The number of nitrogens with zero attached hydrogens (tertiary/aromatic N) is 2. The highest BCUT2D eigenvalue weighted by molar-refractivity contribution is 5.75. The second-order valence-corrected chi connectivity index (χ2v) is 3.43. The minimum atomic E-state index is -0.122. The predicted molar refractivity (Wildman–Crippen MR) is 62.3 cm³/mol. The van der Waals surface area contributed by atoms with Gasteiger partial charge in [0.2, 0.25) is 5.91 Å². The first-order chi connectivity index (χ1) is 8.22. The largest absolute Gasteiger partial charge is 0.396 e. The minimum Gasteiger partial charge on any atom is -0.396 e. The Morgan fingerprint density at radius 1 is 1.53 bits per heavy atom. The Bertz CT molecular complexity index is 340. The van der Waals surface area contributed by atoms with E-state index in [4.69, 9.17) is 15.2 Å². The van der Waals surface area contributed by atoms with Gasteiger partial charge >= 0.3 is 0 Å². The van der Waals surface area contributed by atoms with Gasteiger partial charge < -0.3 is 20.5 Å². The number of amides is 1. The molecule has 0 aliphatic heterocycles. The summed E-state index contributed by atoms with van der Waals surface area (Å²) in [6.07, 6.45) is 3.11. The third-order valence-corrected chi connectivity index (χ3v) is 1.96. The smallest absolute Gasteiger partial charge is 0.241 e. The lowest BCUT2D eigenvalue weighted by molar-refractivity contribution is -0.122. The number of carbonyl (C=O) groups is 1. The van der Waals surface area contributed by atoms with Crippen LogP contribution in [0.2, 0.25) is 0 Å². The van der Waals surface area contributed by atoms with Gasteiger partial charge in [0.05, 0.1) is 31.7 Å². The van der Waals surface area contributed by atoms with Crippen LogP contribution in [0, 0.1) is 0 Å². The van der Waals surface area contributed by atoms with Crippen LogP contribution in [0.25, 0.3) is 0 Å². The van der Waals surface area contributed by atoms with Gasteiger partial charge in [-0.1, -0.05) is 0 Å². The van der Waals surface area contributed by atoms with Gasteiger partial charge in [0.15, 0.2) is 0 Å². The Morgan fingerprint density at radius 2 is 2.35 bits per heavy atom. The highest BCUT2D eigenvalue weighted by atomic mass is 16.5. The maximum Gasteiger partial charge on any atom is 0.241 e. The van der Waals surface area contributed by atoms with Gasteiger partial charge in [0.1, 0.15) is 6.54 Å². The van der Waals surface area contributed by atoms with Crippen molar-refractivity contribution in [1.29, 1.82) is 0 Å². The first-order valence-electron chi connectivity index (χ1n) is 5.33. The van der Waals surface area contributed by atoms with Crippen molar-refractivity contribution in [3.05, 3.63) is 12.4 Å². The summed E-state index contributed by atoms with van der Waals surface area (Å²) in [5, 5.41) is 6.62. The Hall–Kier alpha value is -1.60. The van der Waals surface area contributed by atoms with Crippen LogP contribution in [0.5, 0.6) is 0 Å². The van der Waals surface area contributed by atoms with E-state index in [1.807, 2.05) is 0 Å². The second kappa shape index (κ2) is 7.64. The summed E-state index contributed by atoms with van der Waals surface area (Å²) in [7, 11) is 1.61. The zero-order valence-corrected chi connectivity index (χ0v) is 9.89. The predicted octanol–water partition coefficient (Wildman–Crippen LogP) is -0.755. The van der Waals surface area contributed by atoms with E-state index in [9.17, 15) is 4.79 Å². The van der Waals surface area contributed by atoms with E-state index in [1.54, 1.807) is 13.3 Å². The first-order valence-corrected chi connectivity index (χ1v) is 5.33. The first kappa shape index (κ1) is 13.5. The van der Waals surface area contributed by atoms with E-state index in [0.717, 1.165) is 0 Å². The fourth-order valence-electron chi connectivity index (χ4n) is 1.18.